The van der Waals surface area contributed by atoms with E-state index in [9.17, 15) is 0 Å². The van der Waals surface area contributed by atoms with Crippen LogP contribution in [0.5, 0.6) is 0 Å². The molecule has 1 N–H and O–H groups in total. The average molecular weight is 389 g/mol. The molecule has 1 atom stereocenters. The molecular formula is HBrIK2NaO3S. The first-order valence-electron chi connectivity index (χ1n) is 0.516. The van der Waals surface area contributed by atoms with Crippen molar-refractivity contribution in [1.29, 1.82) is 0 Å². The Morgan fingerprint density at radius 2 is 1.33 bits per heavy atom. The first kappa shape index (κ1) is 36.5. The normalized spacial score (nSPS) is 6.89. The number of halogens is 2. The van der Waals surface area contributed by atoms with Crippen molar-refractivity contribution in [2.45, 2.75) is 0 Å². The molecule has 3 nitrogen and oxygen atoms in total. The maximum absolute atomic E-state index is 8.56. The molecule has 0 rings (SSSR count). The summed E-state index contributed by atoms with van der Waals surface area (Å²) in [5, 5.41) is 0. The van der Waals surface area contributed by atoms with E-state index in [1.165, 1.54) is 0 Å². The molecule has 9 heteroatoms. The van der Waals surface area contributed by atoms with Crippen molar-refractivity contribution in [3.8, 4) is 0 Å². The van der Waals surface area contributed by atoms with Gasteiger partial charge in [0.25, 0.3) is 0 Å². The van der Waals surface area contributed by atoms with Crippen molar-refractivity contribution in [1.82, 2.24) is 0 Å². The Bertz CT molecular complexity index is 44.8. The van der Waals surface area contributed by atoms with Crippen molar-refractivity contribution in [2.75, 3.05) is 0 Å². The summed E-state index contributed by atoms with van der Waals surface area (Å²) in [6, 6.07) is 0. The zero-order chi connectivity index (χ0) is 3.58. The van der Waals surface area contributed by atoms with Gasteiger partial charge in [0.15, 0.2) is 0 Å². The van der Waals surface area contributed by atoms with Crippen LogP contribution in [0.4, 0.5) is 0 Å². The number of hydrogen-bond donors (Lipinski definition) is 1. The van der Waals surface area contributed by atoms with Crippen molar-refractivity contribution in [3.05, 3.63) is 0 Å². The maximum Gasteiger partial charge on any atom is 1.00 e. The van der Waals surface area contributed by atoms with E-state index in [1.807, 2.05) is 0 Å². The molecule has 0 amide bonds. The summed E-state index contributed by atoms with van der Waals surface area (Å²) in [4.78, 5) is 0. The fourth-order valence-electron chi connectivity index (χ4n) is 0. The molecule has 42 valence electrons. The average Bonchev–Trinajstić information content (AvgIpc) is 0.811. The van der Waals surface area contributed by atoms with Gasteiger partial charge in [-0.15, -0.1) is 0 Å². The van der Waals surface area contributed by atoms with Gasteiger partial charge in [-0.3, -0.25) is 0 Å². The van der Waals surface area contributed by atoms with E-state index in [-0.39, 0.29) is 173 Å². The molecule has 0 spiro atoms. The smallest absolute Gasteiger partial charge is 1.00 e. The van der Waals surface area contributed by atoms with Gasteiger partial charge in [0, 0.05) is 0 Å². The molecule has 0 fully saturated rings. The van der Waals surface area contributed by atoms with Crippen LogP contribution >= 0.6 is 0 Å². The van der Waals surface area contributed by atoms with Gasteiger partial charge >= 0.3 is 132 Å². The monoisotopic (exact) mass is 388 g/mol. The van der Waals surface area contributed by atoms with E-state index in [2.05, 4.69) is 0 Å². The molecule has 0 heterocycles. The zero-order valence-corrected chi connectivity index (χ0v) is 18.2. The second-order valence-electron chi connectivity index (χ2n) is 0.217. The molecule has 0 aliphatic rings. The molecule has 0 bridgehead atoms. The van der Waals surface area contributed by atoms with E-state index in [1.54, 1.807) is 0 Å². The molecule has 0 aromatic heterocycles. The van der Waals surface area contributed by atoms with E-state index in [0.717, 1.165) is 0 Å². The Balaban J connectivity index is -0.00000000450. The number of rotatable bonds is 0. The Morgan fingerprint density at radius 1 is 1.33 bits per heavy atom. The fraction of sp³-hybridized carbons (Fsp3) is 0. The first-order chi connectivity index (χ1) is 1.73. The zero-order valence-electron chi connectivity index (χ0n) is 5.43. The van der Waals surface area contributed by atoms with Gasteiger partial charge in [0.1, 0.15) is 0 Å². The minimum absolute atomic E-state index is 0. The van der Waals surface area contributed by atoms with Gasteiger partial charge < -0.3 is 50.1 Å². The molecule has 0 aromatic rings. The quantitative estimate of drug-likeness (QED) is 0.255. The van der Waals surface area contributed by atoms with Crippen LogP contribution in [0.3, 0.4) is 0 Å². The molecule has 0 saturated heterocycles. The maximum atomic E-state index is 8.56. The van der Waals surface area contributed by atoms with E-state index in [0.29, 0.717) is 0 Å². The Morgan fingerprint density at radius 3 is 1.33 bits per heavy atom. The first-order valence-corrected chi connectivity index (χ1v) is 1.55. The second-order valence-corrected chi connectivity index (χ2v) is 0.651. The summed E-state index contributed by atoms with van der Waals surface area (Å²) in [7, 11) is 0. The third kappa shape index (κ3) is 58.7. The summed E-state index contributed by atoms with van der Waals surface area (Å²) in [5.41, 5.74) is 0. The predicted molar refractivity (Wildman–Crippen MR) is 11.5 cm³/mol. The van der Waals surface area contributed by atoms with Crippen LogP contribution in [0, 0.1) is 0 Å². The molecule has 9 heavy (non-hydrogen) atoms. The fourth-order valence-corrected chi connectivity index (χ4v) is 0. The van der Waals surface area contributed by atoms with Crippen molar-refractivity contribution < 1.29 is 187 Å². The van der Waals surface area contributed by atoms with Gasteiger partial charge in [0.2, 0.25) is 0 Å². The van der Waals surface area contributed by atoms with Gasteiger partial charge in [-0.2, -0.15) is 0 Å². The van der Waals surface area contributed by atoms with Crippen LogP contribution in [0.2, 0.25) is 0 Å². The third-order valence-electron chi connectivity index (χ3n) is 0. The van der Waals surface area contributed by atoms with Crippen LogP contribution in [-0.4, -0.2) is 13.3 Å². The largest absolute Gasteiger partial charge is 1.00 e. The predicted octanol–water partition coefficient (Wildman–Crippen LogP) is -15.6. The van der Waals surface area contributed by atoms with Gasteiger partial charge in [-0.1, -0.05) is 0 Å². The van der Waals surface area contributed by atoms with Gasteiger partial charge in [0.05, 0.1) is 11.4 Å². The van der Waals surface area contributed by atoms with Crippen LogP contribution in [0.1, 0.15) is 0 Å². The molecule has 0 aromatic carbocycles. The Hall–Kier alpha value is 5.55. The number of hydrogen-bond acceptors (Lipinski definition) is 2. The summed E-state index contributed by atoms with van der Waals surface area (Å²) in [6.07, 6.45) is 0. The summed E-state index contributed by atoms with van der Waals surface area (Å²) in [6.45, 7) is 0. The van der Waals surface area contributed by atoms with Crippen LogP contribution in [-0.2, 0) is 11.4 Å². The van der Waals surface area contributed by atoms with Crippen molar-refractivity contribution in [3.63, 3.8) is 0 Å². The van der Waals surface area contributed by atoms with Crippen LogP contribution in [0.15, 0.2) is 0 Å². The summed E-state index contributed by atoms with van der Waals surface area (Å²) < 4.78 is 24.1. The minimum Gasteiger partial charge on any atom is -1.00 e. The minimum atomic E-state index is -2.86. The Labute approximate surface area is 192 Å². The van der Waals surface area contributed by atoms with E-state index in [4.69, 9.17) is 13.3 Å². The van der Waals surface area contributed by atoms with Crippen LogP contribution < -0.4 is 173 Å². The van der Waals surface area contributed by atoms with Crippen molar-refractivity contribution in [2.24, 2.45) is 0 Å². The molecule has 0 saturated carbocycles. The third-order valence-corrected chi connectivity index (χ3v) is 0. The topological polar surface area (TPSA) is 60.4 Å². The molecule has 0 aliphatic carbocycles. The SMILES string of the molecule is O=S([O-])O.[Br-].[I-].[K+].[K+].[Na+]. The standard InChI is InChI=1S/BrH.HI.2K.Na.H2O3S/c;;;;;1-4(2)3/h2*1H;;;;(H2,1,2,3)/q;;3*+1;/p-3. The van der Waals surface area contributed by atoms with E-state index >= 15 is 0 Å². The van der Waals surface area contributed by atoms with Gasteiger partial charge in [-0.25, -0.2) is 4.21 Å². The molecule has 0 radical (unpaired) electrons. The molecular weight excluding hydrogens is 388 g/mol. The Kier molecular flexibility index (Phi) is 119. The summed E-state index contributed by atoms with van der Waals surface area (Å²) >= 11 is -2.86. The molecule has 0 aliphatic heterocycles. The van der Waals surface area contributed by atoms with E-state index < -0.39 is 11.4 Å². The summed E-state index contributed by atoms with van der Waals surface area (Å²) in [5.74, 6) is 0. The second kappa shape index (κ2) is 29.2. The van der Waals surface area contributed by atoms with Crippen molar-refractivity contribution >= 4 is 11.4 Å². The van der Waals surface area contributed by atoms with Gasteiger partial charge in [-0.05, 0) is 0 Å². The molecule has 1 unspecified atom stereocenters. The van der Waals surface area contributed by atoms with Crippen LogP contribution in [0.25, 0.3) is 0 Å².